The molecule has 0 saturated carbocycles. The van der Waals surface area contributed by atoms with Crippen molar-refractivity contribution in [3.63, 3.8) is 0 Å². The third kappa shape index (κ3) is 5.61. The summed E-state index contributed by atoms with van der Waals surface area (Å²) < 4.78 is 27.8. The highest BCUT2D eigenvalue weighted by atomic mass is 16.7. The number of aliphatic hydroxyl groups excluding tert-OH is 7. The lowest BCUT2D eigenvalue weighted by Gasteiger charge is -2.45. The van der Waals surface area contributed by atoms with Gasteiger partial charge in [-0.3, -0.25) is 4.79 Å². The van der Waals surface area contributed by atoms with Gasteiger partial charge in [0, 0.05) is 17.7 Å². The van der Waals surface area contributed by atoms with Gasteiger partial charge >= 0.3 is 0 Å². The molecule has 240 valence electrons. The Hall–Kier alpha value is -3.75. The number of phenolic OH excluding ortho intramolecular Hbond substituents is 4. The van der Waals surface area contributed by atoms with Gasteiger partial charge in [-0.2, -0.15) is 0 Å². The van der Waals surface area contributed by atoms with Crippen molar-refractivity contribution in [3.05, 3.63) is 40.6 Å². The van der Waals surface area contributed by atoms with Crippen LogP contribution in [0.4, 0.5) is 0 Å². The minimum absolute atomic E-state index is 0.0599. The molecule has 2 saturated heterocycles. The molecule has 5 rings (SSSR count). The largest absolute Gasteiger partial charge is 0.508 e. The number of phenols is 4. The lowest BCUT2D eigenvalue weighted by Crippen LogP contribution is -2.65. The molecule has 2 aliphatic heterocycles. The number of aliphatic hydroxyl groups is 7. The van der Waals surface area contributed by atoms with Gasteiger partial charge in [-0.1, -0.05) is 0 Å². The van der Waals surface area contributed by atoms with Gasteiger partial charge in [0.1, 0.15) is 71.3 Å². The standard InChI is InChI=1S/C27H30O17/c28-6-14-17(34)20(37)21(38)26(41-14)43-24-18(35)15(7-29)42-27(22(24)39)44-25-19(36)16-12(33)4-9(30)5-13(16)40-23(25)8-1-2-10(31)11(32)3-8/h1-5,14-15,17-18,20-22,24,26-35,37-39H,6-7H2/t14-,15-,17-,18-,20+,21-,22-,24+,26-,27+/m0/s1. The normalized spacial score (nSPS) is 32.5. The van der Waals surface area contributed by atoms with Gasteiger partial charge in [-0.15, -0.1) is 0 Å². The van der Waals surface area contributed by atoms with Crippen LogP contribution in [0.3, 0.4) is 0 Å². The molecule has 17 nitrogen and oxygen atoms in total. The van der Waals surface area contributed by atoms with E-state index in [1.54, 1.807) is 0 Å². The van der Waals surface area contributed by atoms with Crippen LogP contribution in [0.5, 0.6) is 28.7 Å². The average Bonchev–Trinajstić information content (AvgIpc) is 2.98. The van der Waals surface area contributed by atoms with Crippen molar-refractivity contribution in [2.75, 3.05) is 13.2 Å². The maximum absolute atomic E-state index is 13.6. The summed E-state index contributed by atoms with van der Waals surface area (Å²) in [6, 6.07) is 5.14. The first kappa shape index (κ1) is 31.7. The summed E-state index contributed by atoms with van der Waals surface area (Å²) in [6.45, 7) is -1.68. The fourth-order valence-electron chi connectivity index (χ4n) is 4.99. The Morgan fingerprint density at radius 3 is 2.02 bits per heavy atom. The van der Waals surface area contributed by atoms with Gasteiger partial charge in [0.25, 0.3) is 0 Å². The number of aromatic hydroxyl groups is 4. The second-order valence-electron chi connectivity index (χ2n) is 10.3. The molecule has 2 fully saturated rings. The van der Waals surface area contributed by atoms with Crippen molar-refractivity contribution in [2.24, 2.45) is 0 Å². The van der Waals surface area contributed by atoms with E-state index in [-0.39, 0.29) is 11.1 Å². The van der Waals surface area contributed by atoms with Gasteiger partial charge in [-0.05, 0) is 18.2 Å². The molecule has 1 aromatic heterocycles. The summed E-state index contributed by atoms with van der Waals surface area (Å²) >= 11 is 0. The Bertz CT molecular complexity index is 1560. The van der Waals surface area contributed by atoms with Crippen LogP contribution in [0.25, 0.3) is 22.3 Å². The van der Waals surface area contributed by atoms with Crippen LogP contribution < -0.4 is 10.2 Å². The summed E-state index contributed by atoms with van der Waals surface area (Å²) in [5.74, 6) is -3.49. The zero-order chi connectivity index (χ0) is 32.0. The molecule has 3 heterocycles. The zero-order valence-corrected chi connectivity index (χ0v) is 22.4. The highest BCUT2D eigenvalue weighted by Crippen LogP contribution is 2.40. The quantitative estimate of drug-likeness (QED) is 0.119. The zero-order valence-electron chi connectivity index (χ0n) is 22.4. The number of fused-ring (bicyclic) bond motifs is 1. The Labute approximate surface area is 246 Å². The molecule has 0 spiro atoms. The molecule has 17 heteroatoms. The lowest BCUT2D eigenvalue weighted by atomic mass is 9.97. The van der Waals surface area contributed by atoms with Crippen molar-refractivity contribution in [1.29, 1.82) is 0 Å². The highest BCUT2D eigenvalue weighted by Gasteiger charge is 2.51. The third-order valence-corrected chi connectivity index (χ3v) is 7.35. The molecule has 10 atom stereocenters. The highest BCUT2D eigenvalue weighted by molar-refractivity contribution is 5.88. The average molecular weight is 627 g/mol. The van der Waals surface area contributed by atoms with Crippen molar-refractivity contribution in [1.82, 2.24) is 0 Å². The van der Waals surface area contributed by atoms with E-state index in [0.29, 0.717) is 0 Å². The van der Waals surface area contributed by atoms with E-state index in [9.17, 15) is 61.0 Å². The van der Waals surface area contributed by atoms with Gasteiger partial charge in [0.2, 0.25) is 17.5 Å². The molecule has 44 heavy (non-hydrogen) atoms. The summed E-state index contributed by atoms with van der Waals surface area (Å²) in [7, 11) is 0. The van der Waals surface area contributed by atoms with Crippen LogP contribution in [-0.4, -0.2) is 131 Å². The summed E-state index contributed by atoms with van der Waals surface area (Å²) in [5.41, 5.74) is -1.43. The predicted molar refractivity (Wildman–Crippen MR) is 142 cm³/mol. The predicted octanol–water partition coefficient (Wildman–Crippen LogP) is -2.71. The molecular weight excluding hydrogens is 596 g/mol. The Kier molecular flexibility index (Phi) is 8.87. The van der Waals surface area contributed by atoms with E-state index in [0.717, 1.165) is 24.3 Å². The topological polar surface area (TPSA) is 290 Å². The minimum Gasteiger partial charge on any atom is -0.508 e. The van der Waals surface area contributed by atoms with E-state index < -0.39 is 120 Å². The molecule has 0 bridgehead atoms. The summed E-state index contributed by atoms with van der Waals surface area (Å²) in [5, 5.41) is 111. The first-order valence-electron chi connectivity index (χ1n) is 13.2. The van der Waals surface area contributed by atoms with Gasteiger partial charge in [-0.25, -0.2) is 0 Å². The molecule has 0 amide bonds. The molecular formula is C27H30O17. The molecule has 0 aliphatic carbocycles. The summed E-state index contributed by atoms with van der Waals surface area (Å²) in [4.78, 5) is 13.6. The van der Waals surface area contributed by atoms with Gasteiger partial charge in [0.15, 0.2) is 23.5 Å². The number of ether oxygens (including phenoxy) is 4. The van der Waals surface area contributed by atoms with Crippen LogP contribution in [0.2, 0.25) is 0 Å². The number of benzene rings is 2. The first-order valence-corrected chi connectivity index (χ1v) is 13.2. The maximum atomic E-state index is 13.6. The van der Waals surface area contributed by atoms with E-state index in [1.165, 1.54) is 6.07 Å². The van der Waals surface area contributed by atoms with Crippen LogP contribution in [0, 0.1) is 0 Å². The smallest absolute Gasteiger partial charge is 0.239 e. The Balaban J connectivity index is 1.55. The SMILES string of the molecule is O=c1c(O[C@H]2O[C@@H](CO)[C@H](O)[C@@H](O[C@@H]3O[C@@H](CO)[C@H](O)[C@@H](O)[C@@H]3O)[C@@H]2O)c(-c2ccc(O)c(O)c2)oc2cc(O)cc(O)c12. The molecule has 3 aromatic rings. The van der Waals surface area contributed by atoms with Crippen molar-refractivity contribution in [2.45, 2.75) is 61.4 Å². The fourth-order valence-corrected chi connectivity index (χ4v) is 4.99. The Morgan fingerprint density at radius 1 is 0.705 bits per heavy atom. The van der Waals surface area contributed by atoms with Crippen molar-refractivity contribution in [3.8, 4) is 40.1 Å². The van der Waals surface area contributed by atoms with E-state index >= 15 is 0 Å². The monoisotopic (exact) mass is 626 g/mol. The van der Waals surface area contributed by atoms with Crippen LogP contribution in [0.1, 0.15) is 0 Å². The lowest BCUT2D eigenvalue weighted by molar-refractivity contribution is -0.352. The second kappa shape index (κ2) is 12.3. The van der Waals surface area contributed by atoms with Crippen molar-refractivity contribution >= 4 is 11.0 Å². The molecule has 2 aromatic carbocycles. The van der Waals surface area contributed by atoms with E-state index in [1.807, 2.05) is 0 Å². The van der Waals surface area contributed by atoms with Crippen LogP contribution >= 0.6 is 0 Å². The van der Waals surface area contributed by atoms with Gasteiger partial charge < -0.3 is 79.5 Å². The molecule has 11 N–H and O–H groups in total. The first-order chi connectivity index (χ1) is 20.9. The molecule has 0 unspecified atom stereocenters. The Morgan fingerprint density at radius 2 is 1.36 bits per heavy atom. The fraction of sp³-hybridized carbons (Fsp3) is 0.444. The third-order valence-electron chi connectivity index (χ3n) is 7.35. The molecule has 2 aliphatic rings. The van der Waals surface area contributed by atoms with Crippen molar-refractivity contribution < 1.29 is 79.5 Å². The summed E-state index contributed by atoms with van der Waals surface area (Å²) in [6.07, 6.45) is -17.9. The number of rotatable bonds is 7. The van der Waals surface area contributed by atoms with Crippen LogP contribution in [-0.2, 0) is 14.2 Å². The second-order valence-corrected chi connectivity index (χ2v) is 10.3. The van der Waals surface area contributed by atoms with Gasteiger partial charge in [0.05, 0.1) is 13.2 Å². The maximum Gasteiger partial charge on any atom is 0.239 e. The number of hydrogen-bond acceptors (Lipinski definition) is 17. The van der Waals surface area contributed by atoms with Crippen LogP contribution in [0.15, 0.2) is 39.5 Å². The number of hydrogen-bond donors (Lipinski definition) is 11. The van der Waals surface area contributed by atoms with E-state index in [2.05, 4.69) is 0 Å². The van der Waals surface area contributed by atoms with E-state index in [4.69, 9.17) is 23.4 Å². The molecule has 0 radical (unpaired) electrons. The minimum atomic E-state index is -2.04.